The average Bonchev–Trinajstić information content (AvgIpc) is 3.42. The lowest BCUT2D eigenvalue weighted by Crippen LogP contribution is -2.40. The van der Waals surface area contributed by atoms with E-state index in [0.29, 0.717) is 30.3 Å². The number of para-hydroxylation sites is 1. The zero-order valence-corrected chi connectivity index (χ0v) is 16.4. The third-order valence-corrected chi connectivity index (χ3v) is 5.17. The van der Waals surface area contributed by atoms with Crippen LogP contribution in [0.3, 0.4) is 0 Å². The van der Waals surface area contributed by atoms with Crippen LogP contribution >= 0.6 is 11.3 Å². The Balaban J connectivity index is 1.78. The summed E-state index contributed by atoms with van der Waals surface area (Å²) in [5.41, 5.74) is 1.53. The zero-order valence-electron chi connectivity index (χ0n) is 15.6. The average molecular weight is 391 g/mol. The molecule has 0 saturated heterocycles. The highest BCUT2D eigenvalue weighted by molar-refractivity contribution is 7.09. The number of benzene rings is 1. The number of carbonyl (C=O) groups is 1. The number of aliphatic hydroxyl groups is 1. The summed E-state index contributed by atoms with van der Waals surface area (Å²) < 4.78 is 11.5. The summed E-state index contributed by atoms with van der Waals surface area (Å²) >= 11 is 1.44. The number of aliphatic hydroxyl groups excluding tert-OH is 1. The Hall–Kier alpha value is -2.32. The highest BCUT2D eigenvalue weighted by Crippen LogP contribution is 2.35. The standard InChI is InChI=1S/C19H25N3O4S/c1-3-20-19(24)22(15-7-8-15)9-13-5-4-6-16(25-2)18(13)26-11-17-21-14(10-23)12-27-17/h4-6,12,15,23H,3,7-11H2,1-2H3,(H,20,24). The van der Waals surface area contributed by atoms with Crippen molar-refractivity contribution < 1.29 is 19.4 Å². The van der Waals surface area contributed by atoms with Crippen LogP contribution in [0, 0.1) is 0 Å². The van der Waals surface area contributed by atoms with Crippen LogP contribution < -0.4 is 14.8 Å². The SMILES string of the molecule is CCNC(=O)N(Cc1cccc(OC)c1OCc1nc(CO)cs1)C1CC1. The molecule has 146 valence electrons. The van der Waals surface area contributed by atoms with Gasteiger partial charge < -0.3 is 24.8 Å². The number of nitrogens with one attached hydrogen (secondary N) is 1. The number of urea groups is 1. The Kier molecular flexibility index (Phi) is 6.52. The lowest BCUT2D eigenvalue weighted by atomic mass is 10.1. The number of rotatable bonds is 9. The minimum absolute atomic E-state index is 0.0544. The van der Waals surface area contributed by atoms with Crippen LogP contribution in [0.25, 0.3) is 0 Å². The minimum atomic E-state index is -0.0840. The molecule has 8 heteroatoms. The molecule has 0 spiro atoms. The van der Waals surface area contributed by atoms with Crippen molar-refractivity contribution in [3.63, 3.8) is 0 Å². The summed E-state index contributed by atoms with van der Waals surface area (Å²) in [7, 11) is 1.60. The van der Waals surface area contributed by atoms with Crippen molar-refractivity contribution in [2.45, 2.75) is 45.6 Å². The first kappa shape index (κ1) is 19.4. The predicted octanol–water partition coefficient (Wildman–Crippen LogP) is 2.92. The number of ether oxygens (including phenoxy) is 2. The quantitative estimate of drug-likeness (QED) is 0.687. The van der Waals surface area contributed by atoms with Gasteiger partial charge in [-0.15, -0.1) is 11.3 Å². The number of hydrogen-bond donors (Lipinski definition) is 2. The van der Waals surface area contributed by atoms with Gasteiger partial charge in [0.15, 0.2) is 11.5 Å². The van der Waals surface area contributed by atoms with Gasteiger partial charge in [-0.25, -0.2) is 9.78 Å². The predicted molar refractivity (Wildman–Crippen MR) is 103 cm³/mol. The van der Waals surface area contributed by atoms with Gasteiger partial charge in [0.2, 0.25) is 0 Å². The second-order valence-electron chi connectivity index (χ2n) is 6.32. The number of hydrogen-bond acceptors (Lipinski definition) is 6. The molecule has 1 fully saturated rings. The molecule has 1 heterocycles. The Morgan fingerprint density at radius 2 is 2.26 bits per heavy atom. The molecule has 0 bridgehead atoms. The van der Waals surface area contributed by atoms with Crippen molar-refractivity contribution in [3.05, 3.63) is 39.8 Å². The number of nitrogens with zero attached hydrogens (tertiary/aromatic N) is 2. The first-order valence-electron chi connectivity index (χ1n) is 9.03. The summed E-state index contributed by atoms with van der Waals surface area (Å²) in [6.07, 6.45) is 2.06. The first-order valence-corrected chi connectivity index (χ1v) is 9.91. The number of aromatic nitrogens is 1. The number of carbonyl (C=O) groups excluding carboxylic acids is 1. The van der Waals surface area contributed by atoms with Crippen molar-refractivity contribution in [1.29, 1.82) is 0 Å². The molecule has 7 nitrogen and oxygen atoms in total. The van der Waals surface area contributed by atoms with Gasteiger partial charge >= 0.3 is 6.03 Å². The van der Waals surface area contributed by atoms with E-state index in [9.17, 15) is 4.79 Å². The smallest absolute Gasteiger partial charge is 0.317 e. The van der Waals surface area contributed by atoms with Gasteiger partial charge in [0, 0.05) is 23.5 Å². The fourth-order valence-electron chi connectivity index (χ4n) is 2.82. The first-order chi connectivity index (χ1) is 13.2. The molecule has 2 aromatic rings. The molecule has 3 rings (SSSR count). The summed E-state index contributed by atoms with van der Waals surface area (Å²) in [6.45, 7) is 3.17. The lowest BCUT2D eigenvalue weighted by molar-refractivity contribution is 0.191. The molecule has 0 atom stereocenters. The minimum Gasteiger partial charge on any atom is -0.493 e. The van der Waals surface area contributed by atoms with Gasteiger partial charge in [-0.2, -0.15) is 0 Å². The third-order valence-electron chi connectivity index (χ3n) is 4.30. The van der Waals surface area contributed by atoms with Crippen LogP contribution in [0.5, 0.6) is 11.5 Å². The van der Waals surface area contributed by atoms with E-state index in [1.807, 2.05) is 35.4 Å². The zero-order chi connectivity index (χ0) is 19.2. The maximum Gasteiger partial charge on any atom is 0.317 e. The maximum atomic E-state index is 12.4. The van der Waals surface area contributed by atoms with Gasteiger partial charge in [-0.1, -0.05) is 12.1 Å². The second kappa shape index (κ2) is 9.05. The van der Waals surface area contributed by atoms with E-state index in [0.717, 1.165) is 23.4 Å². The molecule has 1 aliphatic carbocycles. The molecule has 0 radical (unpaired) electrons. The van der Waals surface area contributed by atoms with Crippen LogP contribution in [0.1, 0.15) is 36.0 Å². The Labute approximate surface area is 162 Å². The molecule has 1 aromatic heterocycles. The topological polar surface area (TPSA) is 83.9 Å². The van der Waals surface area contributed by atoms with Gasteiger partial charge in [0.25, 0.3) is 0 Å². The molecular weight excluding hydrogens is 366 g/mol. The molecule has 1 aromatic carbocycles. The van der Waals surface area contributed by atoms with Crippen molar-refractivity contribution in [2.75, 3.05) is 13.7 Å². The van der Waals surface area contributed by atoms with Crippen LogP contribution in [0.15, 0.2) is 23.6 Å². The lowest BCUT2D eigenvalue weighted by Gasteiger charge is -2.24. The fraction of sp³-hybridized carbons (Fsp3) is 0.474. The van der Waals surface area contributed by atoms with Crippen LogP contribution in [0.2, 0.25) is 0 Å². The van der Waals surface area contributed by atoms with E-state index in [2.05, 4.69) is 10.3 Å². The van der Waals surface area contributed by atoms with Gasteiger partial charge in [-0.05, 0) is 25.8 Å². The summed E-state index contributed by atoms with van der Waals surface area (Å²) in [4.78, 5) is 18.6. The van der Waals surface area contributed by atoms with E-state index < -0.39 is 0 Å². The van der Waals surface area contributed by atoms with Crippen LogP contribution in [-0.2, 0) is 19.8 Å². The van der Waals surface area contributed by atoms with Gasteiger partial charge in [0.05, 0.1) is 26.0 Å². The summed E-state index contributed by atoms with van der Waals surface area (Å²) in [5.74, 6) is 1.24. The summed E-state index contributed by atoms with van der Waals surface area (Å²) in [6, 6.07) is 5.92. The molecule has 1 saturated carbocycles. The molecule has 2 N–H and O–H groups in total. The Morgan fingerprint density at radius 1 is 1.44 bits per heavy atom. The normalized spacial score (nSPS) is 13.3. The maximum absolute atomic E-state index is 12.4. The van der Waals surface area contributed by atoms with E-state index in [-0.39, 0.29) is 25.3 Å². The fourth-order valence-corrected chi connectivity index (χ4v) is 3.52. The van der Waals surface area contributed by atoms with E-state index in [1.165, 1.54) is 11.3 Å². The monoisotopic (exact) mass is 391 g/mol. The molecule has 2 amide bonds. The Bertz CT molecular complexity index is 776. The molecule has 1 aliphatic rings. The van der Waals surface area contributed by atoms with Crippen LogP contribution in [-0.4, -0.2) is 40.7 Å². The molecular formula is C19H25N3O4S. The van der Waals surface area contributed by atoms with E-state index in [1.54, 1.807) is 7.11 Å². The molecule has 0 aliphatic heterocycles. The second-order valence-corrected chi connectivity index (χ2v) is 7.27. The van der Waals surface area contributed by atoms with Crippen LogP contribution in [0.4, 0.5) is 4.79 Å². The van der Waals surface area contributed by atoms with Crippen molar-refractivity contribution in [3.8, 4) is 11.5 Å². The number of amides is 2. The van der Waals surface area contributed by atoms with E-state index >= 15 is 0 Å². The Morgan fingerprint density at radius 3 is 2.89 bits per heavy atom. The number of thiazole rings is 1. The van der Waals surface area contributed by atoms with E-state index in [4.69, 9.17) is 14.6 Å². The third kappa shape index (κ3) is 4.90. The van der Waals surface area contributed by atoms with Gasteiger partial charge in [0.1, 0.15) is 11.6 Å². The highest BCUT2D eigenvalue weighted by atomic mass is 32.1. The highest BCUT2D eigenvalue weighted by Gasteiger charge is 2.33. The van der Waals surface area contributed by atoms with Crippen molar-refractivity contribution >= 4 is 17.4 Å². The van der Waals surface area contributed by atoms with Crippen molar-refractivity contribution in [2.24, 2.45) is 0 Å². The largest absolute Gasteiger partial charge is 0.493 e. The molecule has 0 unspecified atom stereocenters. The van der Waals surface area contributed by atoms with Gasteiger partial charge in [-0.3, -0.25) is 0 Å². The number of methoxy groups -OCH3 is 1. The van der Waals surface area contributed by atoms with Crippen molar-refractivity contribution in [1.82, 2.24) is 15.2 Å². The summed E-state index contributed by atoms with van der Waals surface area (Å²) in [5, 5.41) is 14.6. The molecule has 27 heavy (non-hydrogen) atoms.